The van der Waals surface area contributed by atoms with Gasteiger partial charge in [-0.3, -0.25) is 45.0 Å². The highest BCUT2D eigenvalue weighted by atomic mass is 32.2. The topological polar surface area (TPSA) is 227 Å². The molecule has 0 saturated heterocycles. The molecule has 16 heteroatoms. The minimum atomic E-state index is -5.51. The summed E-state index contributed by atoms with van der Waals surface area (Å²) in [4.78, 5) is 34.6. The van der Waals surface area contributed by atoms with Gasteiger partial charge in [0.05, 0.1) is 25.8 Å². The molecule has 0 bridgehead atoms. The van der Waals surface area contributed by atoms with Gasteiger partial charge in [0.1, 0.15) is 0 Å². The van der Waals surface area contributed by atoms with E-state index < -0.39 is 57.5 Å². The highest BCUT2D eigenvalue weighted by Gasteiger charge is 2.49. The number of hydrogen-bond acceptors (Lipinski definition) is 10. The third kappa shape index (κ3) is 2.76. The Bertz CT molecular complexity index is 827. The van der Waals surface area contributed by atoms with Gasteiger partial charge in [0.25, 0.3) is 0 Å². The summed E-state index contributed by atoms with van der Waals surface area (Å²) in [5.74, 6) is 0. The van der Waals surface area contributed by atoms with Crippen molar-refractivity contribution < 1.29 is 32.7 Å². The molecule has 118 valence electrons. The van der Waals surface area contributed by atoms with Gasteiger partial charge in [-0.25, -0.2) is 0 Å². The Labute approximate surface area is 118 Å². The summed E-state index contributed by atoms with van der Waals surface area (Å²) in [7, 11) is -5.51. The van der Waals surface area contributed by atoms with Crippen molar-refractivity contribution in [3.63, 3.8) is 0 Å². The first-order chi connectivity index (χ1) is 9.89. The summed E-state index contributed by atoms with van der Waals surface area (Å²) in [6, 6.07) is -0.196. The molecule has 0 aliphatic carbocycles. The van der Waals surface area contributed by atoms with Gasteiger partial charge in [-0.2, -0.15) is 8.42 Å². The van der Waals surface area contributed by atoms with E-state index >= 15 is 0 Å². The number of nitrogens with zero attached hydrogens (tertiary/aromatic N) is 4. The quantitative estimate of drug-likeness (QED) is 0.442. The van der Waals surface area contributed by atoms with E-state index in [4.69, 9.17) is 4.55 Å². The highest BCUT2D eigenvalue weighted by Crippen LogP contribution is 2.46. The van der Waals surface area contributed by atoms with E-state index in [1.165, 1.54) is 0 Å². The fraction of sp³-hybridized carbons (Fsp3) is 0. The average molecular weight is 338 g/mol. The van der Waals surface area contributed by atoms with Crippen molar-refractivity contribution in [3.8, 4) is 0 Å². The Hall–Kier alpha value is -3.27. The molecule has 0 atom stereocenters. The van der Waals surface area contributed by atoms with Crippen molar-refractivity contribution in [1.82, 2.24) is 0 Å². The highest BCUT2D eigenvalue weighted by molar-refractivity contribution is 7.86. The number of benzene rings is 1. The van der Waals surface area contributed by atoms with Gasteiger partial charge in [0.15, 0.2) is 4.90 Å². The first-order valence-corrected chi connectivity index (χ1v) is 6.09. The maximum absolute atomic E-state index is 11.0. The van der Waals surface area contributed by atoms with Gasteiger partial charge < -0.3 is 0 Å². The number of hydrogen-bond donors (Lipinski definition) is 1. The molecular formula is C6H2N4O11S. The molecule has 15 nitrogen and oxygen atoms in total. The molecule has 22 heavy (non-hydrogen) atoms. The van der Waals surface area contributed by atoms with Crippen LogP contribution in [0.5, 0.6) is 0 Å². The maximum atomic E-state index is 11.0. The van der Waals surface area contributed by atoms with Crippen LogP contribution in [-0.2, 0) is 10.1 Å². The van der Waals surface area contributed by atoms with E-state index in [9.17, 15) is 48.9 Å². The molecule has 0 unspecified atom stereocenters. The summed E-state index contributed by atoms with van der Waals surface area (Å²) in [5, 5.41) is 43.0. The zero-order valence-corrected chi connectivity index (χ0v) is 10.6. The predicted molar refractivity (Wildman–Crippen MR) is 62.9 cm³/mol. The summed E-state index contributed by atoms with van der Waals surface area (Å²) in [6.07, 6.45) is 0. The van der Waals surface area contributed by atoms with Crippen molar-refractivity contribution >= 4 is 32.9 Å². The molecule has 1 rings (SSSR count). The van der Waals surface area contributed by atoms with Crippen LogP contribution in [0.1, 0.15) is 0 Å². The monoisotopic (exact) mass is 338 g/mol. The third-order valence-corrected chi connectivity index (χ3v) is 3.08. The van der Waals surface area contributed by atoms with Crippen LogP contribution in [-0.4, -0.2) is 32.7 Å². The van der Waals surface area contributed by atoms with Gasteiger partial charge in [0, 0.05) is 0 Å². The van der Waals surface area contributed by atoms with Crippen molar-refractivity contribution in [3.05, 3.63) is 46.5 Å². The zero-order chi connectivity index (χ0) is 17.4. The molecule has 0 fully saturated rings. The van der Waals surface area contributed by atoms with Crippen LogP contribution in [0, 0.1) is 40.5 Å². The smallest absolute Gasteiger partial charge is 0.282 e. The summed E-state index contributed by atoms with van der Waals surface area (Å²) in [5.41, 5.74) is -7.56. The standard InChI is InChI=1S/C6H2N4O11S/c11-7(12)2-1-3(22(19,20)21)5(9(15)16)6(10(17)18)4(2)8(13)14/h1H,(H,19,20,21). The minimum absolute atomic E-state index is 0.196. The van der Waals surface area contributed by atoms with E-state index in [0.29, 0.717) is 0 Å². The maximum Gasteiger partial charge on any atom is 0.431 e. The van der Waals surface area contributed by atoms with E-state index in [0.717, 1.165) is 0 Å². The molecule has 0 saturated carbocycles. The molecule has 1 aromatic carbocycles. The van der Waals surface area contributed by atoms with Gasteiger partial charge in [-0.15, -0.1) is 0 Å². The van der Waals surface area contributed by atoms with Crippen molar-refractivity contribution in [2.75, 3.05) is 0 Å². The Morgan fingerprint density at radius 1 is 0.773 bits per heavy atom. The fourth-order valence-corrected chi connectivity index (χ4v) is 2.15. The Balaban J connectivity index is 4.27. The van der Waals surface area contributed by atoms with Crippen LogP contribution in [0.2, 0.25) is 0 Å². The molecule has 0 spiro atoms. The van der Waals surface area contributed by atoms with Crippen molar-refractivity contribution in [2.45, 2.75) is 4.90 Å². The van der Waals surface area contributed by atoms with E-state index in [2.05, 4.69) is 0 Å². The van der Waals surface area contributed by atoms with E-state index in [1.54, 1.807) is 0 Å². The molecule has 1 aromatic rings. The largest absolute Gasteiger partial charge is 0.431 e. The molecule has 1 N–H and O–H groups in total. The number of nitro groups is 4. The Morgan fingerprint density at radius 2 is 1.18 bits per heavy atom. The first-order valence-electron chi connectivity index (χ1n) is 4.65. The zero-order valence-electron chi connectivity index (χ0n) is 9.80. The summed E-state index contributed by atoms with van der Waals surface area (Å²) < 4.78 is 30.9. The number of nitro benzene ring substituents is 4. The number of rotatable bonds is 5. The van der Waals surface area contributed by atoms with Crippen LogP contribution in [0.25, 0.3) is 0 Å². The Kier molecular flexibility index (Phi) is 4.01. The van der Waals surface area contributed by atoms with E-state index in [-0.39, 0.29) is 6.07 Å². The van der Waals surface area contributed by atoms with Gasteiger partial charge >= 0.3 is 32.9 Å². The average Bonchev–Trinajstić information content (AvgIpc) is 2.34. The predicted octanol–water partition coefficient (Wildman–Crippen LogP) is 0.566. The minimum Gasteiger partial charge on any atom is -0.282 e. The first kappa shape index (κ1) is 16.8. The van der Waals surface area contributed by atoms with Crippen LogP contribution in [0.15, 0.2) is 11.0 Å². The fourth-order valence-electron chi connectivity index (χ4n) is 1.48. The van der Waals surface area contributed by atoms with Crippen LogP contribution >= 0.6 is 0 Å². The van der Waals surface area contributed by atoms with E-state index in [1.807, 2.05) is 0 Å². The normalized spacial score (nSPS) is 11.0. The second-order valence-corrected chi connectivity index (χ2v) is 4.83. The van der Waals surface area contributed by atoms with Crippen LogP contribution < -0.4 is 0 Å². The van der Waals surface area contributed by atoms with Gasteiger partial charge in [-0.1, -0.05) is 0 Å². The molecule has 0 aliphatic heterocycles. The molecule has 0 aliphatic rings. The lowest BCUT2D eigenvalue weighted by atomic mass is 10.2. The molecule has 0 radical (unpaired) electrons. The van der Waals surface area contributed by atoms with Gasteiger partial charge in [0.2, 0.25) is 0 Å². The lowest BCUT2D eigenvalue weighted by Crippen LogP contribution is -2.10. The molecule has 0 amide bonds. The Morgan fingerprint density at radius 3 is 1.45 bits per heavy atom. The van der Waals surface area contributed by atoms with Gasteiger partial charge in [-0.05, 0) is 0 Å². The summed E-state index contributed by atoms with van der Waals surface area (Å²) in [6.45, 7) is 0. The third-order valence-electron chi connectivity index (χ3n) is 2.21. The lowest BCUT2D eigenvalue weighted by molar-refractivity contribution is -0.453. The molecule has 0 aromatic heterocycles. The second-order valence-electron chi connectivity index (χ2n) is 3.44. The van der Waals surface area contributed by atoms with Crippen LogP contribution in [0.4, 0.5) is 22.7 Å². The summed E-state index contributed by atoms with van der Waals surface area (Å²) >= 11 is 0. The molecule has 0 heterocycles. The SMILES string of the molecule is O=[N+]([O-])c1cc(S(=O)(=O)O)c([N+](=O)[O-])c([N+](=O)[O-])c1[N+](=O)[O-]. The van der Waals surface area contributed by atoms with Crippen molar-refractivity contribution in [2.24, 2.45) is 0 Å². The molecular weight excluding hydrogens is 336 g/mol. The van der Waals surface area contributed by atoms with Crippen molar-refractivity contribution in [1.29, 1.82) is 0 Å². The van der Waals surface area contributed by atoms with Crippen LogP contribution in [0.3, 0.4) is 0 Å². The lowest BCUT2D eigenvalue weighted by Gasteiger charge is -2.02. The second kappa shape index (κ2) is 5.26.